The molecule has 0 atom stereocenters. The predicted octanol–water partition coefficient (Wildman–Crippen LogP) is 1.85. The lowest BCUT2D eigenvalue weighted by Crippen LogP contribution is -2.21. The summed E-state index contributed by atoms with van der Waals surface area (Å²) in [6.45, 7) is 2.77. The molecule has 0 aromatic heterocycles. The molecule has 0 bridgehead atoms. The van der Waals surface area contributed by atoms with E-state index in [2.05, 4.69) is 0 Å². The van der Waals surface area contributed by atoms with E-state index in [0.29, 0.717) is 0 Å². The van der Waals surface area contributed by atoms with Crippen LogP contribution in [0.15, 0.2) is 30.3 Å². The van der Waals surface area contributed by atoms with Crippen LogP contribution in [0.25, 0.3) is 5.57 Å². The number of likely N-dealkylation sites (N-methyl/N-ethyl adjacent to an activating group) is 1. The molecule has 1 aromatic rings. The van der Waals surface area contributed by atoms with Crippen molar-refractivity contribution in [3.8, 4) is 0 Å². The molecule has 14 heavy (non-hydrogen) atoms. The fourth-order valence-electron chi connectivity index (χ4n) is 1.58. The number of benzene rings is 1. The monoisotopic (exact) mass is 187 g/mol. The molecule has 0 unspecified atom stereocenters. The number of nitrogens with zero attached hydrogens (tertiary/aromatic N) is 1. The SMILES string of the molecule is Cc1ccc(C2=CCN(C)C2=O)cc1. The molecular weight excluding hydrogens is 174 g/mol. The van der Waals surface area contributed by atoms with Crippen LogP contribution in [0.3, 0.4) is 0 Å². The minimum atomic E-state index is 0.119. The zero-order chi connectivity index (χ0) is 10.1. The predicted molar refractivity (Wildman–Crippen MR) is 56.8 cm³/mol. The topological polar surface area (TPSA) is 20.3 Å². The van der Waals surface area contributed by atoms with Crippen LogP contribution >= 0.6 is 0 Å². The smallest absolute Gasteiger partial charge is 0.254 e. The summed E-state index contributed by atoms with van der Waals surface area (Å²) in [6.07, 6.45) is 1.98. The van der Waals surface area contributed by atoms with E-state index in [0.717, 1.165) is 17.7 Å². The number of carbonyl (C=O) groups excluding carboxylic acids is 1. The van der Waals surface area contributed by atoms with Gasteiger partial charge in [0.05, 0.1) is 0 Å². The van der Waals surface area contributed by atoms with E-state index in [4.69, 9.17) is 0 Å². The number of rotatable bonds is 1. The maximum atomic E-state index is 11.6. The molecule has 1 aliphatic heterocycles. The van der Waals surface area contributed by atoms with Crippen molar-refractivity contribution in [3.63, 3.8) is 0 Å². The van der Waals surface area contributed by atoms with Gasteiger partial charge in [-0.2, -0.15) is 0 Å². The molecule has 0 radical (unpaired) electrons. The number of aryl methyl sites for hydroxylation is 1. The highest BCUT2D eigenvalue weighted by atomic mass is 16.2. The van der Waals surface area contributed by atoms with Gasteiger partial charge in [0.15, 0.2) is 0 Å². The maximum Gasteiger partial charge on any atom is 0.254 e. The van der Waals surface area contributed by atoms with Crippen LogP contribution in [0.4, 0.5) is 0 Å². The van der Waals surface area contributed by atoms with E-state index < -0.39 is 0 Å². The molecule has 0 N–H and O–H groups in total. The summed E-state index contributed by atoms with van der Waals surface area (Å²) in [7, 11) is 1.82. The van der Waals surface area contributed by atoms with Gasteiger partial charge >= 0.3 is 0 Å². The van der Waals surface area contributed by atoms with Crippen molar-refractivity contribution in [3.05, 3.63) is 41.5 Å². The minimum Gasteiger partial charge on any atom is -0.338 e. The summed E-state index contributed by atoms with van der Waals surface area (Å²) in [6, 6.07) is 8.06. The van der Waals surface area contributed by atoms with Crippen molar-refractivity contribution in [2.45, 2.75) is 6.92 Å². The summed E-state index contributed by atoms with van der Waals surface area (Å²) >= 11 is 0. The second-order valence-corrected chi connectivity index (χ2v) is 3.67. The van der Waals surface area contributed by atoms with Crippen LogP contribution < -0.4 is 0 Å². The van der Waals surface area contributed by atoms with Gasteiger partial charge in [0.1, 0.15) is 0 Å². The Hall–Kier alpha value is -1.57. The molecule has 0 saturated heterocycles. The average molecular weight is 187 g/mol. The Morgan fingerprint density at radius 1 is 1.21 bits per heavy atom. The van der Waals surface area contributed by atoms with Gasteiger partial charge in [0.25, 0.3) is 5.91 Å². The number of amides is 1. The highest BCUT2D eigenvalue weighted by Gasteiger charge is 2.20. The van der Waals surface area contributed by atoms with Crippen molar-refractivity contribution in [1.29, 1.82) is 0 Å². The Morgan fingerprint density at radius 2 is 1.86 bits per heavy atom. The lowest BCUT2D eigenvalue weighted by atomic mass is 10.1. The zero-order valence-corrected chi connectivity index (χ0v) is 8.45. The largest absolute Gasteiger partial charge is 0.338 e. The Labute approximate surface area is 83.8 Å². The van der Waals surface area contributed by atoms with Crippen molar-refractivity contribution >= 4 is 11.5 Å². The van der Waals surface area contributed by atoms with Crippen molar-refractivity contribution in [2.75, 3.05) is 13.6 Å². The van der Waals surface area contributed by atoms with E-state index in [1.165, 1.54) is 5.56 Å². The first kappa shape index (κ1) is 9.00. The molecule has 1 aliphatic rings. The molecule has 2 rings (SSSR count). The summed E-state index contributed by atoms with van der Waals surface area (Å²) in [5.41, 5.74) is 3.06. The van der Waals surface area contributed by atoms with Crippen LogP contribution in [0.5, 0.6) is 0 Å². The molecule has 1 aromatic carbocycles. The first-order valence-electron chi connectivity index (χ1n) is 4.71. The summed E-state index contributed by atoms with van der Waals surface area (Å²) in [5, 5.41) is 0. The van der Waals surface area contributed by atoms with Crippen LogP contribution in [-0.4, -0.2) is 24.4 Å². The minimum absolute atomic E-state index is 0.119. The van der Waals surface area contributed by atoms with Gasteiger partial charge in [-0.1, -0.05) is 35.9 Å². The molecule has 1 amide bonds. The molecule has 0 aliphatic carbocycles. The quantitative estimate of drug-likeness (QED) is 0.657. The normalized spacial score (nSPS) is 16.0. The third-order valence-corrected chi connectivity index (χ3v) is 2.51. The third-order valence-electron chi connectivity index (χ3n) is 2.51. The van der Waals surface area contributed by atoms with E-state index >= 15 is 0 Å². The summed E-state index contributed by atoms with van der Waals surface area (Å²) in [4.78, 5) is 13.4. The van der Waals surface area contributed by atoms with Crippen molar-refractivity contribution in [2.24, 2.45) is 0 Å². The zero-order valence-electron chi connectivity index (χ0n) is 8.45. The van der Waals surface area contributed by atoms with Gasteiger partial charge < -0.3 is 4.90 Å². The Kier molecular flexibility index (Phi) is 2.12. The average Bonchev–Trinajstić information content (AvgIpc) is 2.50. The van der Waals surface area contributed by atoms with Gasteiger partial charge in [0.2, 0.25) is 0 Å². The van der Waals surface area contributed by atoms with E-state index in [1.807, 2.05) is 44.3 Å². The Balaban J connectivity index is 2.33. The van der Waals surface area contributed by atoms with E-state index in [1.54, 1.807) is 4.90 Å². The molecule has 2 nitrogen and oxygen atoms in total. The van der Waals surface area contributed by atoms with Gasteiger partial charge in [0, 0.05) is 19.2 Å². The summed E-state index contributed by atoms with van der Waals surface area (Å²) in [5.74, 6) is 0.119. The van der Waals surface area contributed by atoms with Crippen molar-refractivity contribution < 1.29 is 4.79 Å². The van der Waals surface area contributed by atoms with E-state index in [-0.39, 0.29) is 5.91 Å². The van der Waals surface area contributed by atoms with Gasteiger partial charge in [-0.15, -0.1) is 0 Å². The lowest BCUT2D eigenvalue weighted by Gasteiger charge is -2.08. The van der Waals surface area contributed by atoms with E-state index in [9.17, 15) is 4.79 Å². The molecule has 0 spiro atoms. The van der Waals surface area contributed by atoms with Crippen LogP contribution in [-0.2, 0) is 4.79 Å². The number of carbonyl (C=O) groups is 1. The number of hydrogen-bond acceptors (Lipinski definition) is 1. The molecular formula is C12H13NO. The first-order valence-corrected chi connectivity index (χ1v) is 4.71. The van der Waals surface area contributed by atoms with Crippen LogP contribution in [0.1, 0.15) is 11.1 Å². The fraction of sp³-hybridized carbons (Fsp3) is 0.250. The molecule has 0 fully saturated rings. The summed E-state index contributed by atoms with van der Waals surface area (Å²) < 4.78 is 0. The third kappa shape index (κ3) is 1.43. The molecule has 0 saturated carbocycles. The second-order valence-electron chi connectivity index (χ2n) is 3.67. The molecule has 2 heteroatoms. The van der Waals surface area contributed by atoms with Gasteiger partial charge in [-0.25, -0.2) is 0 Å². The number of hydrogen-bond donors (Lipinski definition) is 0. The highest BCUT2D eigenvalue weighted by Crippen LogP contribution is 2.21. The second kappa shape index (κ2) is 3.29. The van der Waals surface area contributed by atoms with Crippen LogP contribution in [0, 0.1) is 6.92 Å². The Bertz CT molecular complexity index is 389. The Morgan fingerprint density at radius 3 is 2.36 bits per heavy atom. The van der Waals surface area contributed by atoms with Crippen molar-refractivity contribution in [1.82, 2.24) is 4.90 Å². The van der Waals surface area contributed by atoms with Crippen LogP contribution in [0.2, 0.25) is 0 Å². The first-order chi connectivity index (χ1) is 6.68. The van der Waals surface area contributed by atoms with Gasteiger partial charge in [-0.3, -0.25) is 4.79 Å². The highest BCUT2D eigenvalue weighted by molar-refractivity contribution is 6.21. The standard InChI is InChI=1S/C12H13NO/c1-9-3-5-10(6-4-9)11-7-8-13(2)12(11)14/h3-7H,8H2,1-2H3. The lowest BCUT2D eigenvalue weighted by molar-refractivity contribution is -0.122. The molecule has 72 valence electrons. The fourth-order valence-corrected chi connectivity index (χ4v) is 1.58. The molecule has 1 heterocycles. The maximum absolute atomic E-state index is 11.6. The van der Waals surface area contributed by atoms with Gasteiger partial charge in [-0.05, 0) is 12.5 Å².